The Hall–Kier alpha value is -0.250. The van der Waals surface area contributed by atoms with Gasteiger partial charge >= 0.3 is 6.18 Å². The maximum Gasteiger partial charge on any atom is 0.391 e. The van der Waals surface area contributed by atoms with E-state index in [1.165, 1.54) is 0 Å². The highest BCUT2D eigenvalue weighted by Crippen LogP contribution is 2.37. The van der Waals surface area contributed by atoms with Gasteiger partial charge in [0.2, 0.25) is 0 Å². The summed E-state index contributed by atoms with van der Waals surface area (Å²) in [5, 5.41) is 3.38. The molecule has 0 amide bonds. The Bertz CT molecular complexity index is 219. The van der Waals surface area contributed by atoms with Gasteiger partial charge in [0.1, 0.15) is 0 Å². The topological polar surface area (TPSA) is 12.0 Å². The first kappa shape index (κ1) is 14.8. The Morgan fingerprint density at radius 3 is 1.94 bits per heavy atom. The van der Waals surface area contributed by atoms with E-state index in [0.717, 1.165) is 13.0 Å². The van der Waals surface area contributed by atoms with Crippen molar-refractivity contribution in [1.82, 2.24) is 5.32 Å². The third kappa shape index (κ3) is 5.75. The van der Waals surface area contributed by atoms with E-state index >= 15 is 0 Å². The quantitative estimate of drug-likeness (QED) is 0.795. The molecule has 1 fully saturated rings. The van der Waals surface area contributed by atoms with Crippen LogP contribution in [0.1, 0.15) is 52.9 Å². The third-order valence-electron chi connectivity index (χ3n) is 3.50. The van der Waals surface area contributed by atoms with Crippen molar-refractivity contribution in [2.75, 3.05) is 6.54 Å². The smallest absolute Gasteiger partial charge is 0.314 e. The molecule has 0 unspecified atom stereocenters. The van der Waals surface area contributed by atoms with Crippen LogP contribution < -0.4 is 5.32 Å². The standard InChI is InChI=1S/C13H24F3N/c1-12(2,3)8-9-17-11-6-4-10(5-7-11)13(14,15)16/h10-11,17H,4-9H2,1-3H3. The average molecular weight is 251 g/mol. The van der Waals surface area contributed by atoms with Crippen molar-refractivity contribution in [1.29, 1.82) is 0 Å². The van der Waals surface area contributed by atoms with E-state index in [2.05, 4.69) is 26.1 Å². The van der Waals surface area contributed by atoms with Crippen molar-refractivity contribution in [2.24, 2.45) is 11.3 Å². The van der Waals surface area contributed by atoms with Gasteiger partial charge in [0.25, 0.3) is 0 Å². The molecule has 0 aromatic carbocycles. The Kier molecular flexibility index (Phi) is 4.87. The minimum Gasteiger partial charge on any atom is -0.314 e. The highest BCUT2D eigenvalue weighted by Gasteiger charge is 2.41. The summed E-state index contributed by atoms with van der Waals surface area (Å²) in [5.74, 6) is -1.07. The maximum absolute atomic E-state index is 12.5. The summed E-state index contributed by atoms with van der Waals surface area (Å²) in [7, 11) is 0. The average Bonchev–Trinajstić information content (AvgIpc) is 2.15. The van der Waals surface area contributed by atoms with Crippen molar-refractivity contribution >= 4 is 0 Å². The Balaban J connectivity index is 2.20. The van der Waals surface area contributed by atoms with E-state index in [-0.39, 0.29) is 24.3 Å². The number of hydrogen-bond acceptors (Lipinski definition) is 1. The fourth-order valence-corrected chi connectivity index (χ4v) is 2.28. The zero-order chi connectivity index (χ0) is 13.1. The van der Waals surface area contributed by atoms with Gasteiger partial charge in [-0.05, 0) is 44.1 Å². The molecule has 1 aliphatic carbocycles. The summed E-state index contributed by atoms with van der Waals surface area (Å²) in [4.78, 5) is 0. The van der Waals surface area contributed by atoms with E-state index in [9.17, 15) is 13.2 Å². The Morgan fingerprint density at radius 2 is 1.53 bits per heavy atom. The van der Waals surface area contributed by atoms with Crippen LogP contribution in [-0.4, -0.2) is 18.8 Å². The zero-order valence-corrected chi connectivity index (χ0v) is 11.0. The van der Waals surface area contributed by atoms with Crippen molar-refractivity contribution in [2.45, 2.75) is 65.1 Å². The largest absolute Gasteiger partial charge is 0.391 e. The molecule has 0 bridgehead atoms. The Morgan fingerprint density at radius 1 is 1.00 bits per heavy atom. The van der Waals surface area contributed by atoms with Crippen molar-refractivity contribution < 1.29 is 13.2 Å². The minimum atomic E-state index is -3.99. The van der Waals surface area contributed by atoms with E-state index in [1.54, 1.807) is 0 Å². The lowest BCUT2D eigenvalue weighted by Gasteiger charge is -2.31. The maximum atomic E-state index is 12.5. The van der Waals surface area contributed by atoms with E-state index in [1.807, 2.05) is 0 Å². The number of hydrogen-bond donors (Lipinski definition) is 1. The summed E-state index contributed by atoms with van der Waals surface area (Å²) in [5.41, 5.74) is 0.288. The van der Waals surface area contributed by atoms with Gasteiger partial charge in [-0.25, -0.2) is 0 Å². The van der Waals surface area contributed by atoms with Gasteiger partial charge in [-0.3, -0.25) is 0 Å². The predicted molar refractivity (Wildman–Crippen MR) is 63.9 cm³/mol. The molecule has 1 N–H and O–H groups in total. The van der Waals surface area contributed by atoms with Crippen molar-refractivity contribution in [3.05, 3.63) is 0 Å². The zero-order valence-electron chi connectivity index (χ0n) is 11.0. The lowest BCUT2D eigenvalue weighted by molar-refractivity contribution is -0.182. The highest BCUT2D eigenvalue weighted by atomic mass is 19.4. The van der Waals surface area contributed by atoms with Crippen LogP contribution in [0.5, 0.6) is 0 Å². The second-order valence-corrected chi connectivity index (χ2v) is 6.35. The van der Waals surface area contributed by atoms with Crippen LogP contribution in [0.2, 0.25) is 0 Å². The number of alkyl halides is 3. The van der Waals surface area contributed by atoms with Crippen LogP contribution in [0.3, 0.4) is 0 Å². The molecular formula is C13H24F3N. The molecule has 0 atom stereocenters. The lowest BCUT2D eigenvalue weighted by Crippen LogP contribution is -2.38. The summed E-state index contributed by atoms with van der Waals surface area (Å²) in [6.45, 7) is 7.44. The second-order valence-electron chi connectivity index (χ2n) is 6.35. The molecule has 102 valence electrons. The van der Waals surface area contributed by atoms with Crippen LogP contribution in [0.4, 0.5) is 13.2 Å². The number of nitrogens with one attached hydrogen (secondary N) is 1. The molecule has 0 aliphatic heterocycles. The molecular weight excluding hydrogens is 227 g/mol. The number of rotatable bonds is 3. The van der Waals surface area contributed by atoms with Crippen LogP contribution in [0, 0.1) is 11.3 Å². The van der Waals surface area contributed by atoms with Crippen LogP contribution in [0.15, 0.2) is 0 Å². The Labute approximate surface area is 102 Å². The van der Waals surface area contributed by atoms with E-state index in [0.29, 0.717) is 12.8 Å². The van der Waals surface area contributed by atoms with Crippen molar-refractivity contribution in [3.63, 3.8) is 0 Å². The molecule has 0 saturated heterocycles. The molecule has 0 radical (unpaired) electrons. The van der Waals surface area contributed by atoms with Crippen molar-refractivity contribution in [3.8, 4) is 0 Å². The second kappa shape index (κ2) is 5.59. The fraction of sp³-hybridized carbons (Fsp3) is 1.00. The first-order chi connectivity index (χ1) is 7.68. The molecule has 1 nitrogen and oxygen atoms in total. The van der Waals surface area contributed by atoms with Gasteiger partial charge in [0.05, 0.1) is 5.92 Å². The summed E-state index contributed by atoms with van der Waals surface area (Å²) in [6.07, 6.45) is -1.03. The SMILES string of the molecule is CC(C)(C)CCNC1CCC(C(F)(F)F)CC1. The summed E-state index contributed by atoms with van der Waals surface area (Å²) in [6, 6.07) is 0.288. The van der Waals surface area contributed by atoms with Crippen LogP contribution >= 0.6 is 0 Å². The number of halogens is 3. The third-order valence-corrected chi connectivity index (χ3v) is 3.50. The minimum absolute atomic E-state index is 0.288. The first-order valence-corrected chi connectivity index (χ1v) is 6.48. The lowest BCUT2D eigenvalue weighted by atomic mass is 9.85. The van der Waals surface area contributed by atoms with Gasteiger partial charge in [0, 0.05) is 6.04 Å². The molecule has 0 spiro atoms. The molecule has 0 aromatic rings. The fourth-order valence-electron chi connectivity index (χ4n) is 2.28. The van der Waals surface area contributed by atoms with E-state index in [4.69, 9.17) is 0 Å². The molecule has 0 aromatic heterocycles. The van der Waals surface area contributed by atoms with Gasteiger partial charge in [0.15, 0.2) is 0 Å². The molecule has 0 heterocycles. The van der Waals surface area contributed by atoms with Gasteiger partial charge in [-0.15, -0.1) is 0 Å². The van der Waals surface area contributed by atoms with Gasteiger partial charge < -0.3 is 5.32 Å². The molecule has 4 heteroatoms. The van der Waals surface area contributed by atoms with Gasteiger partial charge in [-0.1, -0.05) is 20.8 Å². The first-order valence-electron chi connectivity index (χ1n) is 6.48. The monoisotopic (exact) mass is 251 g/mol. The predicted octanol–water partition coefficient (Wildman–Crippen LogP) is 4.13. The summed E-state index contributed by atoms with van der Waals surface area (Å²) < 4.78 is 37.4. The van der Waals surface area contributed by atoms with E-state index < -0.39 is 12.1 Å². The van der Waals surface area contributed by atoms with Crippen LogP contribution in [-0.2, 0) is 0 Å². The van der Waals surface area contributed by atoms with Crippen LogP contribution in [0.25, 0.3) is 0 Å². The van der Waals surface area contributed by atoms with Gasteiger partial charge in [-0.2, -0.15) is 13.2 Å². The molecule has 1 aliphatic rings. The summed E-state index contributed by atoms with van der Waals surface area (Å²) >= 11 is 0. The molecule has 1 saturated carbocycles. The highest BCUT2D eigenvalue weighted by molar-refractivity contribution is 4.81. The normalized spacial score (nSPS) is 27.2. The molecule has 1 rings (SSSR count). The molecule has 17 heavy (non-hydrogen) atoms.